The topological polar surface area (TPSA) is 0 Å². The Kier molecular flexibility index (Phi) is 1.81. The van der Waals surface area contributed by atoms with Crippen LogP contribution in [0.1, 0.15) is 44.9 Å². The molecule has 0 aromatic heterocycles. The molecule has 3 aliphatic carbocycles. The summed E-state index contributed by atoms with van der Waals surface area (Å²) in [6, 6.07) is 0. The summed E-state index contributed by atoms with van der Waals surface area (Å²) in [5.41, 5.74) is -0.491. The summed E-state index contributed by atoms with van der Waals surface area (Å²) < 4.78 is 14.3. The second-order valence-electron chi connectivity index (χ2n) is 5.30. The molecule has 3 saturated carbocycles. The van der Waals surface area contributed by atoms with Crippen molar-refractivity contribution in [1.82, 2.24) is 0 Å². The molecule has 3 rings (SSSR count). The molecule has 0 bridgehead atoms. The summed E-state index contributed by atoms with van der Waals surface area (Å²) in [5, 5.41) is -1.26. The average molecular weight is 237 g/mol. The molecule has 0 amide bonds. The molecule has 3 fully saturated rings. The Morgan fingerprint density at radius 2 is 1.50 bits per heavy atom. The molecule has 0 nitrogen and oxygen atoms in total. The van der Waals surface area contributed by atoms with E-state index < -0.39 is 5.13 Å². The second kappa shape index (κ2) is 2.60. The largest absolute Gasteiger partial charge is 0.225 e. The van der Waals surface area contributed by atoms with Gasteiger partial charge >= 0.3 is 0 Å². The van der Waals surface area contributed by atoms with E-state index in [1.165, 1.54) is 6.42 Å². The minimum atomic E-state index is -1.42. The quantitative estimate of drug-likeness (QED) is 0.552. The molecule has 0 aromatic rings. The zero-order valence-electron chi connectivity index (χ0n) is 8.16. The van der Waals surface area contributed by atoms with Gasteiger partial charge in [-0.25, -0.2) is 4.39 Å². The summed E-state index contributed by atoms with van der Waals surface area (Å²) in [5.74, 6) is 0. The van der Waals surface area contributed by atoms with Crippen molar-refractivity contribution in [2.45, 2.75) is 55.5 Å². The smallest absolute Gasteiger partial charge is 0.196 e. The molecule has 3 heteroatoms. The fraction of sp³-hybridized carbons (Fsp3) is 1.00. The first kappa shape index (κ1) is 9.72. The maximum Gasteiger partial charge on any atom is 0.196 e. The highest BCUT2D eigenvalue weighted by atomic mass is 35.5. The lowest BCUT2D eigenvalue weighted by atomic mass is 9.92. The van der Waals surface area contributed by atoms with E-state index >= 15 is 0 Å². The van der Waals surface area contributed by atoms with E-state index in [0.717, 1.165) is 38.5 Å². The number of hydrogen-bond donors (Lipinski definition) is 0. The molecule has 14 heavy (non-hydrogen) atoms. The van der Waals surface area contributed by atoms with Gasteiger partial charge in [-0.15, -0.1) is 11.6 Å². The Morgan fingerprint density at radius 3 is 2.00 bits per heavy atom. The fourth-order valence-corrected chi connectivity index (χ4v) is 5.43. The van der Waals surface area contributed by atoms with E-state index in [0.29, 0.717) is 0 Å². The van der Waals surface area contributed by atoms with E-state index in [1.54, 1.807) is 0 Å². The van der Waals surface area contributed by atoms with Gasteiger partial charge in [0.2, 0.25) is 0 Å². The molecule has 0 radical (unpaired) electrons. The van der Waals surface area contributed by atoms with Crippen LogP contribution in [0.25, 0.3) is 0 Å². The predicted octanol–water partition coefficient (Wildman–Crippen LogP) is 4.24. The van der Waals surface area contributed by atoms with Crippen molar-refractivity contribution in [3.63, 3.8) is 0 Å². The average Bonchev–Trinajstić information content (AvgIpc) is 2.35. The molecule has 3 aliphatic rings. The molecule has 0 aromatic carbocycles. The van der Waals surface area contributed by atoms with Crippen LogP contribution in [0.5, 0.6) is 0 Å². The second-order valence-corrected chi connectivity index (χ2v) is 6.44. The molecular formula is C11H15Cl2F. The molecule has 4 atom stereocenters. The van der Waals surface area contributed by atoms with Gasteiger partial charge < -0.3 is 0 Å². The zero-order valence-corrected chi connectivity index (χ0v) is 9.67. The molecule has 2 unspecified atom stereocenters. The first-order valence-electron chi connectivity index (χ1n) is 5.58. The van der Waals surface area contributed by atoms with Crippen molar-refractivity contribution in [3.05, 3.63) is 0 Å². The highest BCUT2D eigenvalue weighted by Crippen LogP contribution is 2.87. The third-order valence-electron chi connectivity index (χ3n) is 4.90. The van der Waals surface area contributed by atoms with Crippen LogP contribution in [0.2, 0.25) is 0 Å². The van der Waals surface area contributed by atoms with Crippen molar-refractivity contribution < 1.29 is 4.39 Å². The fourth-order valence-electron chi connectivity index (χ4n) is 4.24. The number of hydrogen-bond acceptors (Lipinski definition) is 0. The molecule has 0 heterocycles. The van der Waals surface area contributed by atoms with Crippen molar-refractivity contribution in [1.29, 1.82) is 0 Å². The minimum Gasteiger partial charge on any atom is -0.225 e. The Morgan fingerprint density at radius 1 is 1.00 bits per heavy atom. The summed E-state index contributed by atoms with van der Waals surface area (Å²) in [4.78, 5) is 0. The van der Waals surface area contributed by atoms with E-state index in [4.69, 9.17) is 23.2 Å². The third kappa shape index (κ3) is 0.800. The van der Waals surface area contributed by atoms with Crippen LogP contribution >= 0.6 is 23.2 Å². The minimum absolute atomic E-state index is 0.163. The Bertz CT molecular complexity index is 254. The summed E-state index contributed by atoms with van der Waals surface area (Å²) in [6.45, 7) is 0. The molecular weight excluding hydrogens is 222 g/mol. The first-order valence-corrected chi connectivity index (χ1v) is 6.39. The van der Waals surface area contributed by atoms with Gasteiger partial charge in [0.25, 0.3) is 0 Å². The van der Waals surface area contributed by atoms with Crippen LogP contribution in [-0.4, -0.2) is 10.5 Å². The van der Waals surface area contributed by atoms with Crippen molar-refractivity contribution in [2.24, 2.45) is 10.8 Å². The molecule has 0 aliphatic heterocycles. The van der Waals surface area contributed by atoms with Gasteiger partial charge in [0.15, 0.2) is 5.13 Å². The molecule has 80 valence electrons. The van der Waals surface area contributed by atoms with Crippen molar-refractivity contribution in [3.8, 4) is 0 Å². The Hall–Kier alpha value is 0.510. The lowest BCUT2D eigenvalue weighted by molar-refractivity contribution is 0.258. The van der Waals surface area contributed by atoms with E-state index in [-0.39, 0.29) is 16.2 Å². The maximum atomic E-state index is 14.3. The Balaban J connectivity index is 2.00. The van der Waals surface area contributed by atoms with Crippen molar-refractivity contribution >= 4 is 23.2 Å². The maximum absolute atomic E-state index is 14.3. The molecule has 0 saturated heterocycles. The predicted molar refractivity (Wildman–Crippen MR) is 56.5 cm³/mol. The first-order chi connectivity index (χ1) is 6.56. The van der Waals surface area contributed by atoms with Gasteiger partial charge in [-0.2, -0.15) is 0 Å². The van der Waals surface area contributed by atoms with Gasteiger partial charge in [-0.1, -0.05) is 30.9 Å². The van der Waals surface area contributed by atoms with Crippen LogP contribution in [0.4, 0.5) is 4.39 Å². The lowest BCUT2D eigenvalue weighted by Crippen LogP contribution is -2.17. The van der Waals surface area contributed by atoms with Gasteiger partial charge in [-0.3, -0.25) is 0 Å². The van der Waals surface area contributed by atoms with Crippen molar-refractivity contribution in [2.75, 3.05) is 0 Å². The highest BCUT2D eigenvalue weighted by Gasteiger charge is 2.89. The van der Waals surface area contributed by atoms with E-state index in [1.807, 2.05) is 0 Å². The highest BCUT2D eigenvalue weighted by molar-refractivity contribution is 6.28. The van der Waals surface area contributed by atoms with Crippen LogP contribution in [0.3, 0.4) is 0 Å². The van der Waals surface area contributed by atoms with Crippen LogP contribution in [0, 0.1) is 10.8 Å². The third-order valence-corrected chi connectivity index (χ3v) is 5.93. The van der Waals surface area contributed by atoms with Gasteiger partial charge in [-0.05, 0) is 25.7 Å². The van der Waals surface area contributed by atoms with E-state index in [2.05, 4.69) is 0 Å². The SMILES string of the molecule is FC1(Cl)[C@@]23CCCCC[C@@]12CC(Cl)C3. The lowest BCUT2D eigenvalue weighted by Gasteiger charge is -2.18. The van der Waals surface area contributed by atoms with Gasteiger partial charge in [0, 0.05) is 16.2 Å². The number of rotatable bonds is 0. The summed E-state index contributed by atoms with van der Waals surface area (Å²) in [7, 11) is 0. The summed E-state index contributed by atoms with van der Waals surface area (Å²) in [6.07, 6.45) is 7.01. The van der Waals surface area contributed by atoms with Crippen LogP contribution in [0.15, 0.2) is 0 Å². The van der Waals surface area contributed by atoms with Gasteiger partial charge in [0.1, 0.15) is 0 Å². The normalized spacial score (nSPS) is 61.5. The number of halogens is 3. The monoisotopic (exact) mass is 236 g/mol. The Labute approximate surface area is 94.1 Å². The molecule has 0 spiro atoms. The van der Waals surface area contributed by atoms with Crippen LogP contribution in [-0.2, 0) is 0 Å². The van der Waals surface area contributed by atoms with Crippen LogP contribution < -0.4 is 0 Å². The summed E-state index contributed by atoms with van der Waals surface area (Å²) >= 11 is 12.2. The van der Waals surface area contributed by atoms with E-state index in [9.17, 15) is 4.39 Å². The standard InChI is InChI=1S/C11H15Cl2F/c12-8-6-9-4-2-1-3-5-10(9,7-8)11(9,13)14/h8H,1-7H2/t8?,9-,10+,11?. The number of alkyl halides is 3. The zero-order chi connectivity index (χ0) is 10.0. The molecule has 0 N–H and O–H groups in total. The van der Waals surface area contributed by atoms with Gasteiger partial charge in [0.05, 0.1) is 0 Å².